The molecule has 0 saturated carbocycles. The molecule has 6 nitrogen and oxygen atoms in total. The van der Waals surface area contributed by atoms with Crippen LogP contribution in [0.25, 0.3) is 0 Å². The first-order valence-electron chi connectivity index (χ1n) is 6.73. The molecule has 0 aromatic carbocycles. The molecule has 4 N–H and O–H groups in total. The van der Waals surface area contributed by atoms with E-state index in [2.05, 4.69) is 29.2 Å². The first-order valence-corrected chi connectivity index (χ1v) is 6.73. The third kappa shape index (κ3) is 5.20. The van der Waals surface area contributed by atoms with Crippen molar-refractivity contribution in [3.8, 4) is 0 Å². The van der Waals surface area contributed by atoms with Crippen LogP contribution in [0, 0.1) is 0 Å². The normalized spacial score (nSPS) is 24.1. The molecule has 0 aliphatic carbocycles. The number of likely N-dealkylation sites (N-methyl/N-ethyl adjacent to an activating group) is 1. The summed E-state index contributed by atoms with van der Waals surface area (Å²) in [4.78, 5) is 2.39. The first kappa shape index (κ1) is 15.2. The Morgan fingerprint density at radius 1 is 1.61 bits per heavy atom. The molecule has 0 aromatic heterocycles. The Balaban J connectivity index is 2.29. The number of nitrogens with zero attached hydrogens (tertiary/aromatic N) is 2. The summed E-state index contributed by atoms with van der Waals surface area (Å²) in [5.41, 5.74) is 5.52. The van der Waals surface area contributed by atoms with Crippen LogP contribution in [-0.2, 0) is 4.74 Å². The fraction of sp³-hybridized carbons (Fsp3) is 0.917. The molecule has 1 saturated heterocycles. The van der Waals surface area contributed by atoms with Crippen LogP contribution in [0.4, 0.5) is 0 Å². The predicted molar refractivity (Wildman–Crippen MR) is 72.0 cm³/mol. The summed E-state index contributed by atoms with van der Waals surface area (Å²) in [6, 6.07) is 0.238. The van der Waals surface area contributed by atoms with Gasteiger partial charge in [-0.2, -0.15) is 0 Å². The largest absolute Gasteiger partial charge is 0.409 e. The Hall–Kier alpha value is -0.850. The summed E-state index contributed by atoms with van der Waals surface area (Å²) in [7, 11) is 0. The molecule has 0 aromatic rings. The van der Waals surface area contributed by atoms with Crippen molar-refractivity contribution in [2.24, 2.45) is 10.9 Å². The highest BCUT2D eigenvalue weighted by Crippen LogP contribution is 2.05. The fourth-order valence-electron chi connectivity index (χ4n) is 2.14. The van der Waals surface area contributed by atoms with E-state index in [0.29, 0.717) is 6.42 Å². The van der Waals surface area contributed by atoms with Gasteiger partial charge in [-0.05, 0) is 13.0 Å². The number of nitrogens with two attached hydrogens (primary N) is 1. The van der Waals surface area contributed by atoms with Crippen molar-refractivity contribution in [3.05, 3.63) is 0 Å². The topological polar surface area (TPSA) is 83.1 Å². The zero-order valence-corrected chi connectivity index (χ0v) is 11.4. The molecule has 1 heterocycles. The average Bonchev–Trinajstić information content (AvgIpc) is 2.43. The zero-order valence-electron chi connectivity index (χ0n) is 11.4. The molecule has 1 aliphatic rings. The Bertz CT molecular complexity index is 260. The van der Waals surface area contributed by atoms with Gasteiger partial charge in [0.1, 0.15) is 5.84 Å². The fourth-order valence-corrected chi connectivity index (χ4v) is 2.14. The van der Waals surface area contributed by atoms with Crippen molar-refractivity contribution in [1.29, 1.82) is 0 Å². The van der Waals surface area contributed by atoms with Gasteiger partial charge in [-0.15, -0.1) is 0 Å². The molecule has 0 amide bonds. The molecular weight excluding hydrogens is 232 g/mol. The quantitative estimate of drug-likeness (QED) is 0.263. The van der Waals surface area contributed by atoms with E-state index in [1.165, 1.54) is 0 Å². The second kappa shape index (κ2) is 8.29. The SMILES string of the molecule is CCC(CC(N)=NO)NCC1CN(CC)CCO1. The van der Waals surface area contributed by atoms with Crippen molar-refractivity contribution in [3.63, 3.8) is 0 Å². The van der Waals surface area contributed by atoms with E-state index in [1.54, 1.807) is 0 Å². The summed E-state index contributed by atoms with van der Waals surface area (Å²) < 4.78 is 5.72. The van der Waals surface area contributed by atoms with Crippen LogP contribution in [-0.4, -0.2) is 60.9 Å². The average molecular weight is 258 g/mol. The molecular formula is C12H26N4O2. The van der Waals surface area contributed by atoms with E-state index in [-0.39, 0.29) is 18.0 Å². The van der Waals surface area contributed by atoms with Crippen molar-refractivity contribution in [1.82, 2.24) is 10.2 Å². The van der Waals surface area contributed by atoms with Crippen LogP contribution in [0.1, 0.15) is 26.7 Å². The second-order valence-electron chi connectivity index (χ2n) is 4.69. The standard InChI is InChI=1S/C12H26N4O2/c1-3-10(7-12(13)15-17)14-8-11-9-16(4-2)5-6-18-11/h10-11,14,17H,3-9H2,1-2H3,(H2,13,15). The first-order chi connectivity index (χ1) is 8.69. The van der Waals surface area contributed by atoms with Crippen molar-refractivity contribution >= 4 is 5.84 Å². The van der Waals surface area contributed by atoms with Gasteiger partial charge in [0.05, 0.1) is 12.7 Å². The number of hydrogen-bond acceptors (Lipinski definition) is 5. The van der Waals surface area contributed by atoms with Gasteiger partial charge in [-0.25, -0.2) is 0 Å². The molecule has 0 spiro atoms. The molecule has 1 fully saturated rings. The minimum atomic E-state index is 0.236. The molecule has 106 valence electrons. The highest BCUT2D eigenvalue weighted by molar-refractivity contribution is 5.80. The summed E-state index contributed by atoms with van der Waals surface area (Å²) >= 11 is 0. The number of amidine groups is 1. The molecule has 0 bridgehead atoms. The Labute approximate surface area is 109 Å². The van der Waals surface area contributed by atoms with Crippen molar-refractivity contribution in [2.75, 3.05) is 32.8 Å². The number of nitrogens with one attached hydrogen (secondary N) is 1. The Kier molecular flexibility index (Phi) is 7.00. The third-order valence-electron chi connectivity index (χ3n) is 3.38. The van der Waals surface area contributed by atoms with Gasteiger partial charge in [0, 0.05) is 32.1 Å². The van der Waals surface area contributed by atoms with E-state index in [4.69, 9.17) is 15.7 Å². The Morgan fingerprint density at radius 2 is 2.39 bits per heavy atom. The smallest absolute Gasteiger partial charge is 0.140 e. The number of hydrogen-bond donors (Lipinski definition) is 3. The lowest BCUT2D eigenvalue weighted by Gasteiger charge is -2.33. The minimum absolute atomic E-state index is 0.236. The van der Waals surface area contributed by atoms with Crippen LogP contribution in [0.3, 0.4) is 0 Å². The van der Waals surface area contributed by atoms with E-state index >= 15 is 0 Å². The van der Waals surface area contributed by atoms with Crippen LogP contribution in [0.5, 0.6) is 0 Å². The lowest BCUT2D eigenvalue weighted by atomic mass is 10.1. The van der Waals surface area contributed by atoms with Crippen LogP contribution >= 0.6 is 0 Å². The van der Waals surface area contributed by atoms with Gasteiger partial charge in [-0.1, -0.05) is 19.0 Å². The highest BCUT2D eigenvalue weighted by atomic mass is 16.5. The van der Waals surface area contributed by atoms with Gasteiger partial charge in [0.25, 0.3) is 0 Å². The minimum Gasteiger partial charge on any atom is -0.409 e. The monoisotopic (exact) mass is 258 g/mol. The summed E-state index contributed by atoms with van der Waals surface area (Å²) in [6.07, 6.45) is 1.75. The molecule has 1 rings (SSSR count). The maximum atomic E-state index is 8.57. The maximum Gasteiger partial charge on any atom is 0.140 e. The number of ether oxygens (including phenoxy) is 1. The summed E-state index contributed by atoms with van der Waals surface area (Å²) in [5.74, 6) is 0.272. The van der Waals surface area contributed by atoms with Crippen molar-refractivity contribution in [2.45, 2.75) is 38.8 Å². The van der Waals surface area contributed by atoms with Crippen molar-refractivity contribution < 1.29 is 9.94 Å². The van der Waals surface area contributed by atoms with E-state index in [1.807, 2.05) is 0 Å². The van der Waals surface area contributed by atoms with Gasteiger partial charge in [0.2, 0.25) is 0 Å². The highest BCUT2D eigenvalue weighted by Gasteiger charge is 2.20. The lowest BCUT2D eigenvalue weighted by molar-refractivity contribution is -0.0263. The molecule has 2 atom stereocenters. The van der Waals surface area contributed by atoms with Gasteiger partial charge < -0.3 is 21.0 Å². The van der Waals surface area contributed by atoms with Crippen LogP contribution < -0.4 is 11.1 Å². The predicted octanol–water partition coefficient (Wildman–Crippen LogP) is 0.212. The second-order valence-corrected chi connectivity index (χ2v) is 4.69. The molecule has 1 aliphatic heterocycles. The van der Waals surface area contributed by atoms with Gasteiger partial charge >= 0.3 is 0 Å². The molecule has 18 heavy (non-hydrogen) atoms. The zero-order chi connectivity index (χ0) is 13.4. The maximum absolute atomic E-state index is 8.57. The summed E-state index contributed by atoms with van der Waals surface area (Å²) in [6.45, 7) is 8.94. The molecule has 6 heteroatoms. The van der Waals surface area contributed by atoms with E-state index in [9.17, 15) is 0 Å². The Morgan fingerprint density at radius 3 is 3.00 bits per heavy atom. The molecule has 2 unspecified atom stereocenters. The van der Waals surface area contributed by atoms with Gasteiger partial charge in [0.15, 0.2) is 0 Å². The van der Waals surface area contributed by atoms with E-state index < -0.39 is 0 Å². The number of morpholine rings is 1. The van der Waals surface area contributed by atoms with E-state index in [0.717, 1.165) is 39.2 Å². The third-order valence-corrected chi connectivity index (χ3v) is 3.38. The van der Waals surface area contributed by atoms with Crippen LogP contribution in [0.2, 0.25) is 0 Å². The number of oxime groups is 1. The summed E-state index contributed by atoms with van der Waals surface area (Å²) in [5, 5.41) is 15.0. The number of rotatable bonds is 7. The lowest BCUT2D eigenvalue weighted by Crippen LogP contribution is -2.48. The molecule has 0 radical (unpaired) electrons. The van der Waals surface area contributed by atoms with Gasteiger partial charge in [-0.3, -0.25) is 4.90 Å². The van der Waals surface area contributed by atoms with Crippen LogP contribution in [0.15, 0.2) is 5.16 Å².